The molecule has 0 spiro atoms. The number of hydrogen-bond donors (Lipinski definition) is 0. The summed E-state index contributed by atoms with van der Waals surface area (Å²) in [6, 6.07) is 0. The zero-order chi connectivity index (χ0) is 7.66. The summed E-state index contributed by atoms with van der Waals surface area (Å²) in [5.74, 6) is 0.780. The first-order chi connectivity index (χ1) is 4.91. The fourth-order valence-electron chi connectivity index (χ4n) is 0.717. The Bertz CT molecular complexity index is 73.7. The molecule has 0 aliphatic carbocycles. The highest BCUT2D eigenvalue weighted by Crippen LogP contribution is 2.00. The summed E-state index contributed by atoms with van der Waals surface area (Å²) in [6.45, 7) is 4.25. The molecule has 0 aliphatic heterocycles. The highest BCUT2D eigenvalue weighted by molar-refractivity contribution is 6.17. The number of hydrogen-bond acceptors (Lipinski definition) is 1. The predicted octanol–water partition coefficient (Wildman–Crippen LogP) is 2.95. The molecule has 0 aromatic heterocycles. The van der Waals surface area contributed by atoms with E-state index in [0.717, 1.165) is 25.3 Å². The van der Waals surface area contributed by atoms with Crippen LogP contribution >= 0.6 is 11.6 Å². The van der Waals surface area contributed by atoms with E-state index in [2.05, 4.69) is 6.58 Å². The van der Waals surface area contributed by atoms with Crippen LogP contribution in [0.2, 0.25) is 0 Å². The molecule has 60 valence electrons. The zero-order valence-electron chi connectivity index (χ0n) is 6.31. The second kappa shape index (κ2) is 8.83. The van der Waals surface area contributed by atoms with E-state index in [0.29, 0.717) is 0 Å². The van der Waals surface area contributed by atoms with Crippen molar-refractivity contribution in [2.75, 3.05) is 12.5 Å². The molecule has 0 amide bonds. The van der Waals surface area contributed by atoms with Gasteiger partial charge in [-0.05, 0) is 12.8 Å². The molecule has 0 bridgehead atoms. The van der Waals surface area contributed by atoms with E-state index in [4.69, 9.17) is 16.3 Å². The Morgan fingerprint density at radius 2 is 1.90 bits per heavy atom. The minimum atomic E-state index is 0.780. The summed E-state index contributed by atoms with van der Waals surface area (Å²) in [5, 5.41) is 0. The fourth-order valence-corrected chi connectivity index (χ4v) is 0.906. The Hall–Kier alpha value is -0.170. The van der Waals surface area contributed by atoms with Crippen LogP contribution in [-0.2, 0) is 4.74 Å². The van der Waals surface area contributed by atoms with Crippen LogP contribution in [-0.4, -0.2) is 12.5 Å². The Balaban J connectivity index is 2.70. The van der Waals surface area contributed by atoms with Gasteiger partial charge in [-0.2, -0.15) is 0 Å². The van der Waals surface area contributed by atoms with Gasteiger partial charge < -0.3 is 4.74 Å². The molecule has 2 heteroatoms. The molecule has 0 fully saturated rings. The molecule has 1 nitrogen and oxygen atoms in total. The Kier molecular flexibility index (Phi) is 8.68. The fraction of sp³-hybridized carbons (Fsp3) is 0.750. The van der Waals surface area contributed by atoms with Crippen LogP contribution in [0.5, 0.6) is 0 Å². The second-order valence-electron chi connectivity index (χ2n) is 2.14. The van der Waals surface area contributed by atoms with Crippen molar-refractivity contribution >= 4 is 11.6 Å². The Morgan fingerprint density at radius 3 is 2.50 bits per heavy atom. The van der Waals surface area contributed by atoms with E-state index < -0.39 is 0 Å². The Labute approximate surface area is 68.0 Å². The minimum Gasteiger partial charge on any atom is -0.502 e. The molecule has 0 atom stereocenters. The molecule has 0 saturated heterocycles. The van der Waals surface area contributed by atoms with Crippen molar-refractivity contribution in [2.24, 2.45) is 0 Å². The van der Waals surface area contributed by atoms with Crippen molar-refractivity contribution in [3.05, 3.63) is 12.8 Å². The Morgan fingerprint density at radius 1 is 1.20 bits per heavy atom. The van der Waals surface area contributed by atoms with E-state index in [1.54, 1.807) is 0 Å². The SMILES string of the molecule is C=COCCCCCCCl. The third-order valence-electron chi connectivity index (χ3n) is 1.26. The molecule has 0 unspecified atom stereocenters. The van der Waals surface area contributed by atoms with Crippen LogP contribution in [0.25, 0.3) is 0 Å². The minimum absolute atomic E-state index is 0.780. The lowest BCUT2D eigenvalue weighted by molar-refractivity contribution is 0.242. The maximum absolute atomic E-state index is 5.49. The van der Waals surface area contributed by atoms with Crippen LogP contribution < -0.4 is 0 Å². The van der Waals surface area contributed by atoms with Gasteiger partial charge in [-0.1, -0.05) is 19.4 Å². The van der Waals surface area contributed by atoms with E-state index in [1.807, 2.05) is 0 Å². The molecule has 0 radical (unpaired) electrons. The van der Waals surface area contributed by atoms with Gasteiger partial charge in [0.15, 0.2) is 0 Å². The molecule has 0 heterocycles. The van der Waals surface area contributed by atoms with Crippen LogP contribution in [0.3, 0.4) is 0 Å². The monoisotopic (exact) mass is 162 g/mol. The molecule has 0 rings (SSSR count). The number of alkyl halides is 1. The van der Waals surface area contributed by atoms with Crippen molar-refractivity contribution in [3.63, 3.8) is 0 Å². The molecule has 10 heavy (non-hydrogen) atoms. The van der Waals surface area contributed by atoms with Crippen molar-refractivity contribution in [1.29, 1.82) is 0 Å². The number of halogens is 1. The van der Waals surface area contributed by atoms with E-state index >= 15 is 0 Å². The number of unbranched alkanes of at least 4 members (excludes halogenated alkanes) is 3. The van der Waals surface area contributed by atoms with Gasteiger partial charge in [-0.15, -0.1) is 11.6 Å². The first kappa shape index (κ1) is 9.83. The summed E-state index contributed by atoms with van der Waals surface area (Å²) in [4.78, 5) is 0. The molecule has 0 N–H and O–H groups in total. The van der Waals surface area contributed by atoms with E-state index in [9.17, 15) is 0 Å². The van der Waals surface area contributed by atoms with Gasteiger partial charge >= 0.3 is 0 Å². The first-order valence-electron chi connectivity index (χ1n) is 3.70. The van der Waals surface area contributed by atoms with E-state index in [1.165, 1.54) is 19.1 Å². The molecular formula is C8H15ClO. The van der Waals surface area contributed by atoms with Crippen LogP contribution in [0.15, 0.2) is 12.8 Å². The maximum atomic E-state index is 5.49. The quantitative estimate of drug-likeness (QED) is 0.318. The lowest BCUT2D eigenvalue weighted by Crippen LogP contribution is -1.87. The molecule has 0 aliphatic rings. The molecular weight excluding hydrogens is 148 g/mol. The van der Waals surface area contributed by atoms with Crippen LogP contribution in [0.4, 0.5) is 0 Å². The lowest BCUT2D eigenvalue weighted by Gasteiger charge is -1.98. The highest BCUT2D eigenvalue weighted by Gasteiger charge is 1.87. The number of rotatable bonds is 7. The van der Waals surface area contributed by atoms with Gasteiger partial charge in [0, 0.05) is 5.88 Å². The largest absolute Gasteiger partial charge is 0.502 e. The lowest BCUT2D eigenvalue weighted by atomic mass is 10.2. The smallest absolute Gasteiger partial charge is 0.0873 e. The zero-order valence-corrected chi connectivity index (χ0v) is 7.07. The second-order valence-corrected chi connectivity index (χ2v) is 2.52. The van der Waals surface area contributed by atoms with Gasteiger partial charge in [-0.25, -0.2) is 0 Å². The van der Waals surface area contributed by atoms with Crippen molar-refractivity contribution < 1.29 is 4.74 Å². The van der Waals surface area contributed by atoms with Gasteiger partial charge in [0.25, 0.3) is 0 Å². The summed E-state index contributed by atoms with van der Waals surface area (Å²) < 4.78 is 4.94. The van der Waals surface area contributed by atoms with Crippen molar-refractivity contribution in [2.45, 2.75) is 25.7 Å². The summed E-state index contributed by atoms with van der Waals surface area (Å²) in [5.41, 5.74) is 0. The normalized spacial score (nSPS) is 9.30. The van der Waals surface area contributed by atoms with Crippen LogP contribution in [0, 0.1) is 0 Å². The van der Waals surface area contributed by atoms with Gasteiger partial charge in [0.1, 0.15) is 0 Å². The van der Waals surface area contributed by atoms with Crippen LogP contribution in [0.1, 0.15) is 25.7 Å². The van der Waals surface area contributed by atoms with Crippen molar-refractivity contribution in [1.82, 2.24) is 0 Å². The highest BCUT2D eigenvalue weighted by atomic mass is 35.5. The third-order valence-corrected chi connectivity index (χ3v) is 1.53. The average Bonchev–Trinajstić information content (AvgIpc) is 1.97. The molecule has 0 saturated carbocycles. The van der Waals surface area contributed by atoms with Gasteiger partial charge in [-0.3, -0.25) is 0 Å². The van der Waals surface area contributed by atoms with Gasteiger partial charge in [0.05, 0.1) is 12.9 Å². The summed E-state index contributed by atoms with van der Waals surface area (Å²) in [6.07, 6.45) is 6.14. The average molecular weight is 163 g/mol. The predicted molar refractivity (Wildman–Crippen MR) is 45.3 cm³/mol. The topological polar surface area (TPSA) is 9.23 Å². The maximum Gasteiger partial charge on any atom is 0.0873 e. The van der Waals surface area contributed by atoms with Gasteiger partial charge in [0.2, 0.25) is 0 Å². The summed E-state index contributed by atoms with van der Waals surface area (Å²) in [7, 11) is 0. The first-order valence-corrected chi connectivity index (χ1v) is 4.23. The van der Waals surface area contributed by atoms with E-state index in [-0.39, 0.29) is 0 Å². The standard InChI is InChI=1S/C8H15ClO/c1-2-10-8-6-4-3-5-7-9/h2H,1,3-8H2. The molecule has 0 aromatic rings. The summed E-state index contributed by atoms with van der Waals surface area (Å²) >= 11 is 5.49. The third kappa shape index (κ3) is 7.83. The van der Waals surface area contributed by atoms with Crippen molar-refractivity contribution in [3.8, 4) is 0 Å². The number of ether oxygens (including phenoxy) is 1. The molecule has 0 aromatic carbocycles.